The normalized spacial score (nSPS) is 11.3. The van der Waals surface area contributed by atoms with Crippen molar-refractivity contribution in [2.75, 3.05) is 0 Å². The Labute approximate surface area is 86.3 Å². The number of aliphatic hydroxyl groups is 1. The van der Waals surface area contributed by atoms with E-state index in [1.165, 1.54) is 6.92 Å². The molecule has 0 heterocycles. The van der Waals surface area contributed by atoms with E-state index in [9.17, 15) is 14.4 Å². The molecule has 0 saturated heterocycles. The van der Waals surface area contributed by atoms with Gasteiger partial charge in [0.15, 0.2) is 0 Å². The standard InChI is InChI=1S/C8H13N3O4/c1-4(2)7(14)10-11-8(15)5(12)3-6(9)13/h5,12H,1,3H2,2H3,(H2,9,13)(H,10,14)(H,11,15). The number of carbonyl (C=O) groups is 3. The maximum Gasteiger partial charge on any atom is 0.267 e. The molecule has 0 saturated carbocycles. The minimum absolute atomic E-state index is 0.194. The summed E-state index contributed by atoms with van der Waals surface area (Å²) in [5.74, 6) is -2.32. The molecule has 7 heteroatoms. The lowest BCUT2D eigenvalue weighted by Gasteiger charge is -2.10. The Morgan fingerprint density at radius 1 is 1.40 bits per heavy atom. The number of aliphatic hydroxyl groups excluding tert-OH is 1. The number of primary amides is 1. The molecular weight excluding hydrogens is 202 g/mol. The highest BCUT2D eigenvalue weighted by molar-refractivity contribution is 5.94. The molecule has 0 radical (unpaired) electrons. The van der Waals surface area contributed by atoms with Crippen LogP contribution in [0.15, 0.2) is 12.2 Å². The third-order valence-corrected chi connectivity index (χ3v) is 1.38. The van der Waals surface area contributed by atoms with Gasteiger partial charge in [-0.2, -0.15) is 0 Å². The van der Waals surface area contributed by atoms with Crippen molar-refractivity contribution in [2.45, 2.75) is 19.4 Å². The van der Waals surface area contributed by atoms with Crippen LogP contribution >= 0.6 is 0 Å². The van der Waals surface area contributed by atoms with Crippen molar-refractivity contribution in [3.63, 3.8) is 0 Å². The van der Waals surface area contributed by atoms with Gasteiger partial charge in [-0.1, -0.05) is 6.58 Å². The molecular formula is C8H13N3O4. The van der Waals surface area contributed by atoms with Crippen LogP contribution in [0.5, 0.6) is 0 Å². The molecule has 0 aromatic carbocycles. The van der Waals surface area contributed by atoms with Gasteiger partial charge in [0.05, 0.1) is 6.42 Å². The van der Waals surface area contributed by atoms with Crippen LogP contribution in [-0.2, 0) is 14.4 Å². The number of hydrazine groups is 1. The lowest BCUT2D eigenvalue weighted by molar-refractivity contribution is -0.136. The highest BCUT2D eigenvalue weighted by Crippen LogP contribution is 1.89. The Hall–Kier alpha value is -1.89. The zero-order valence-corrected chi connectivity index (χ0v) is 8.24. The smallest absolute Gasteiger partial charge is 0.267 e. The van der Waals surface area contributed by atoms with Crippen LogP contribution in [0.2, 0.25) is 0 Å². The highest BCUT2D eigenvalue weighted by atomic mass is 16.3. The summed E-state index contributed by atoms with van der Waals surface area (Å²) in [5.41, 5.74) is 8.85. The summed E-state index contributed by atoms with van der Waals surface area (Å²) in [5, 5.41) is 9.05. The lowest BCUT2D eigenvalue weighted by Crippen LogP contribution is -2.47. The Morgan fingerprint density at radius 3 is 2.33 bits per heavy atom. The largest absolute Gasteiger partial charge is 0.383 e. The third kappa shape index (κ3) is 5.42. The van der Waals surface area contributed by atoms with Crippen LogP contribution in [0.4, 0.5) is 0 Å². The number of amides is 3. The van der Waals surface area contributed by atoms with Gasteiger partial charge in [0.1, 0.15) is 6.10 Å². The second-order valence-electron chi connectivity index (χ2n) is 2.91. The van der Waals surface area contributed by atoms with Crippen LogP contribution in [0, 0.1) is 0 Å². The van der Waals surface area contributed by atoms with Gasteiger partial charge < -0.3 is 10.8 Å². The molecule has 1 atom stereocenters. The van der Waals surface area contributed by atoms with E-state index in [0.29, 0.717) is 0 Å². The van der Waals surface area contributed by atoms with Crippen molar-refractivity contribution < 1.29 is 19.5 Å². The zero-order chi connectivity index (χ0) is 12.0. The fourth-order valence-corrected chi connectivity index (χ4v) is 0.592. The highest BCUT2D eigenvalue weighted by Gasteiger charge is 2.17. The maximum atomic E-state index is 11.0. The van der Waals surface area contributed by atoms with E-state index in [1.807, 2.05) is 10.9 Å². The molecule has 0 aliphatic carbocycles. The first-order valence-corrected chi connectivity index (χ1v) is 4.06. The van der Waals surface area contributed by atoms with E-state index in [1.54, 1.807) is 0 Å². The Morgan fingerprint density at radius 2 is 1.93 bits per heavy atom. The van der Waals surface area contributed by atoms with Gasteiger partial charge in [-0.3, -0.25) is 25.2 Å². The van der Waals surface area contributed by atoms with Crippen LogP contribution in [-0.4, -0.2) is 28.9 Å². The first-order chi connectivity index (χ1) is 6.84. The van der Waals surface area contributed by atoms with Crippen LogP contribution < -0.4 is 16.6 Å². The quantitative estimate of drug-likeness (QED) is 0.318. The molecule has 0 aromatic rings. The van der Waals surface area contributed by atoms with Gasteiger partial charge in [0.2, 0.25) is 5.91 Å². The van der Waals surface area contributed by atoms with E-state index < -0.39 is 30.2 Å². The van der Waals surface area contributed by atoms with Crippen molar-refractivity contribution in [3.05, 3.63) is 12.2 Å². The van der Waals surface area contributed by atoms with Crippen molar-refractivity contribution in [2.24, 2.45) is 5.73 Å². The van der Waals surface area contributed by atoms with E-state index in [0.717, 1.165) is 0 Å². The molecule has 3 amide bonds. The summed E-state index contributed by atoms with van der Waals surface area (Å²) in [6.07, 6.45) is -2.08. The van der Waals surface area contributed by atoms with E-state index in [-0.39, 0.29) is 5.57 Å². The van der Waals surface area contributed by atoms with Gasteiger partial charge in [-0.25, -0.2) is 0 Å². The summed E-state index contributed by atoms with van der Waals surface area (Å²) in [4.78, 5) is 32.2. The van der Waals surface area contributed by atoms with Gasteiger partial charge in [0.25, 0.3) is 11.8 Å². The molecule has 0 fully saturated rings. The van der Waals surface area contributed by atoms with E-state index >= 15 is 0 Å². The summed E-state index contributed by atoms with van der Waals surface area (Å²) in [6.45, 7) is 4.77. The Balaban J connectivity index is 3.98. The third-order valence-electron chi connectivity index (χ3n) is 1.38. The number of rotatable bonds is 4. The Bertz CT molecular complexity index is 300. The molecule has 15 heavy (non-hydrogen) atoms. The van der Waals surface area contributed by atoms with Gasteiger partial charge in [-0.05, 0) is 6.92 Å². The van der Waals surface area contributed by atoms with Gasteiger partial charge in [-0.15, -0.1) is 0 Å². The predicted molar refractivity (Wildman–Crippen MR) is 50.9 cm³/mol. The SMILES string of the molecule is C=C(C)C(=O)NNC(=O)C(O)CC(N)=O. The van der Waals surface area contributed by atoms with Crippen molar-refractivity contribution >= 4 is 17.7 Å². The summed E-state index contributed by atoms with van der Waals surface area (Å²) < 4.78 is 0. The molecule has 0 rings (SSSR count). The molecule has 0 aliphatic rings. The molecule has 5 N–H and O–H groups in total. The summed E-state index contributed by atoms with van der Waals surface area (Å²) >= 11 is 0. The number of carbonyl (C=O) groups excluding carboxylic acids is 3. The van der Waals surface area contributed by atoms with Gasteiger partial charge in [0, 0.05) is 5.57 Å². The Kier molecular flexibility index (Phi) is 5.03. The molecule has 0 aromatic heterocycles. The molecule has 0 aliphatic heterocycles. The molecule has 7 nitrogen and oxygen atoms in total. The second kappa shape index (κ2) is 5.76. The number of hydrogen-bond donors (Lipinski definition) is 4. The second-order valence-corrected chi connectivity index (χ2v) is 2.91. The maximum absolute atomic E-state index is 11.0. The number of nitrogens with two attached hydrogens (primary N) is 1. The molecule has 0 bridgehead atoms. The molecule has 0 spiro atoms. The van der Waals surface area contributed by atoms with Gasteiger partial charge >= 0.3 is 0 Å². The van der Waals surface area contributed by atoms with E-state index in [2.05, 4.69) is 6.58 Å². The first kappa shape index (κ1) is 13.1. The average Bonchev–Trinajstić information content (AvgIpc) is 2.12. The van der Waals surface area contributed by atoms with Crippen molar-refractivity contribution in [1.29, 1.82) is 0 Å². The first-order valence-electron chi connectivity index (χ1n) is 4.06. The molecule has 84 valence electrons. The zero-order valence-electron chi connectivity index (χ0n) is 8.24. The number of nitrogens with one attached hydrogen (secondary N) is 2. The van der Waals surface area contributed by atoms with Crippen molar-refractivity contribution in [3.8, 4) is 0 Å². The monoisotopic (exact) mass is 215 g/mol. The predicted octanol–water partition coefficient (Wildman–Crippen LogP) is -2.05. The lowest BCUT2D eigenvalue weighted by atomic mass is 10.2. The number of hydrogen-bond acceptors (Lipinski definition) is 4. The van der Waals surface area contributed by atoms with E-state index in [4.69, 9.17) is 10.8 Å². The summed E-state index contributed by atoms with van der Waals surface area (Å²) in [6, 6.07) is 0. The van der Waals surface area contributed by atoms with Crippen LogP contribution in [0.3, 0.4) is 0 Å². The minimum atomic E-state index is -1.58. The average molecular weight is 215 g/mol. The minimum Gasteiger partial charge on any atom is -0.383 e. The molecule has 1 unspecified atom stereocenters. The topological polar surface area (TPSA) is 122 Å². The fourth-order valence-electron chi connectivity index (χ4n) is 0.592. The van der Waals surface area contributed by atoms with Crippen molar-refractivity contribution in [1.82, 2.24) is 10.9 Å². The fraction of sp³-hybridized carbons (Fsp3) is 0.375. The summed E-state index contributed by atoms with van der Waals surface area (Å²) in [7, 11) is 0. The van der Waals surface area contributed by atoms with Crippen LogP contribution in [0.25, 0.3) is 0 Å². The van der Waals surface area contributed by atoms with Crippen LogP contribution in [0.1, 0.15) is 13.3 Å².